The lowest BCUT2D eigenvalue weighted by Gasteiger charge is -2.47. The van der Waals surface area contributed by atoms with Crippen LogP contribution in [-0.4, -0.2) is 59.3 Å². The van der Waals surface area contributed by atoms with Gasteiger partial charge in [0.2, 0.25) is 0 Å². The van der Waals surface area contributed by atoms with E-state index in [0.29, 0.717) is 29.2 Å². The molecule has 0 rings (SSSR count). The molecule has 0 saturated heterocycles. The van der Waals surface area contributed by atoms with Gasteiger partial charge in [0, 0.05) is 12.8 Å². The molecule has 0 unspecified atom stereocenters. The standard InChI is InChI=1S/C12H30OSi2.C6H10O2.CH4O3S/c1-11(2,3)14(7,8)13-15(9,10)12(4,5)6;7-5-3-1-2-4-6-8;1-5(2,3)4/h1-10H3;7-8H,3-6H2;1H3,(H,2,3,4). The molecule has 0 atom stereocenters. The molecule has 0 aliphatic heterocycles. The summed E-state index contributed by atoms with van der Waals surface area (Å²) in [6.07, 6.45) is 1.74. The van der Waals surface area contributed by atoms with Crippen LogP contribution in [0.1, 0.15) is 54.4 Å². The van der Waals surface area contributed by atoms with Crippen molar-refractivity contribution in [3.63, 3.8) is 0 Å². The molecular formula is C19H44O6SSi2. The Morgan fingerprint density at radius 2 is 1.00 bits per heavy atom. The molecule has 28 heavy (non-hydrogen) atoms. The summed E-state index contributed by atoms with van der Waals surface area (Å²) in [5.74, 6) is 5.35. The molecule has 0 aliphatic rings. The smallest absolute Gasteiger partial charge is 0.261 e. The molecule has 0 aromatic carbocycles. The highest BCUT2D eigenvalue weighted by atomic mass is 32.2. The minimum absolute atomic E-state index is 0.110. The van der Waals surface area contributed by atoms with Crippen LogP contribution in [0.5, 0.6) is 0 Å². The Labute approximate surface area is 176 Å². The van der Waals surface area contributed by atoms with Crippen LogP contribution in [0.25, 0.3) is 0 Å². The first-order chi connectivity index (χ1) is 12.1. The number of hydrogen-bond donors (Lipinski definition) is 3. The van der Waals surface area contributed by atoms with E-state index < -0.39 is 26.8 Å². The van der Waals surface area contributed by atoms with Gasteiger partial charge in [-0.1, -0.05) is 41.5 Å². The summed E-state index contributed by atoms with van der Waals surface area (Å²) in [6.45, 7) is 23.5. The molecular weight excluding hydrogens is 412 g/mol. The van der Waals surface area contributed by atoms with E-state index in [0.717, 1.165) is 0 Å². The zero-order valence-electron chi connectivity index (χ0n) is 19.8. The molecule has 3 N–H and O–H groups in total. The first-order valence-corrected chi connectivity index (χ1v) is 17.1. The predicted octanol–water partition coefficient (Wildman–Crippen LogP) is 4.27. The topological polar surface area (TPSA) is 104 Å². The van der Waals surface area contributed by atoms with Gasteiger partial charge in [-0.25, -0.2) is 0 Å². The van der Waals surface area contributed by atoms with Crippen molar-refractivity contribution in [1.29, 1.82) is 0 Å². The Balaban J connectivity index is -0.000000400. The van der Waals surface area contributed by atoms with Crippen LogP contribution < -0.4 is 0 Å². The first-order valence-electron chi connectivity index (χ1n) is 9.42. The molecule has 0 aromatic heterocycles. The number of hydrogen-bond acceptors (Lipinski definition) is 5. The van der Waals surface area contributed by atoms with Gasteiger partial charge >= 0.3 is 0 Å². The lowest BCUT2D eigenvalue weighted by molar-refractivity contribution is 0.302. The Morgan fingerprint density at radius 1 is 0.786 bits per heavy atom. The quantitative estimate of drug-likeness (QED) is 0.331. The van der Waals surface area contributed by atoms with Crippen molar-refractivity contribution in [2.24, 2.45) is 0 Å². The lowest BCUT2D eigenvalue weighted by atomic mass is 10.2. The van der Waals surface area contributed by atoms with Gasteiger partial charge in [0.15, 0.2) is 16.6 Å². The molecule has 9 heteroatoms. The van der Waals surface area contributed by atoms with Crippen LogP contribution in [0.4, 0.5) is 0 Å². The molecule has 0 aromatic rings. The fraction of sp³-hybridized carbons (Fsp3) is 0.895. The van der Waals surface area contributed by atoms with Crippen molar-refractivity contribution in [1.82, 2.24) is 0 Å². The average molecular weight is 457 g/mol. The summed E-state index contributed by atoms with van der Waals surface area (Å²) in [5, 5.41) is 17.0. The van der Waals surface area contributed by atoms with E-state index in [2.05, 4.69) is 79.6 Å². The number of aliphatic hydroxyl groups excluding tert-OH is 2. The molecule has 6 nitrogen and oxygen atoms in total. The summed E-state index contributed by atoms with van der Waals surface area (Å²) in [7, 11) is -6.84. The van der Waals surface area contributed by atoms with E-state index in [1.54, 1.807) is 0 Å². The predicted molar refractivity (Wildman–Crippen MR) is 124 cm³/mol. The van der Waals surface area contributed by atoms with Crippen LogP contribution in [0.2, 0.25) is 36.3 Å². The third-order valence-electron chi connectivity index (χ3n) is 4.72. The van der Waals surface area contributed by atoms with Gasteiger partial charge in [-0.2, -0.15) is 8.42 Å². The summed E-state index contributed by atoms with van der Waals surface area (Å²) >= 11 is 0. The fourth-order valence-corrected chi connectivity index (χ4v) is 8.79. The molecule has 170 valence electrons. The summed E-state index contributed by atoms with van der Waals surface area (Å²) in [4.78, 5) is 0. The largest absolute Gasteiger partial charge is 0.455 e. The molecule has 0 fully saturated rings. The van der Waals surface area contributed by atoms with Crippen molar-refractivity contribution in [3.8, 4) is 11.8 Å². The van der Waals surface area contributed by atoms with E-state index in [4.69, 9.17) is 18.9 Å². The van der Waals surface area contributed by atoms with Crippen molar-refractivity contribution in [2.45, 2.75) is 90.6 Å². The Bertz CT molecular complexity index is 534. The van der Waals surface area contributed by atoms with Gasteiger partial charge in [0.25, 0.3) is 10.1 Å². The van der Waals surface area contributed by atoms with Gasteiger partial charge in [-0.3, -0.25) is 4.55 Å². The SMILES string of the molecule is CC(C)(C)[Si](C)(C)O[Si](C)(C)C(C)(C)C.CS(=O)(=O)O.OCCC#CCCO. The Morgan fingerprint density at radius 3 is 1.14 bits per heavy atom. The molecule has 0 amide bonds. The van der Waals surface area contributed by atoms with Gasteiger partial charge in [0.05, 0.1) is 19.5 Å². The maximum absolute atomic E-state index is 9.19. The maximum Gasteiger partial charge on any atom is 0.261 e. The van der Waals surface area contributed by atoms with E-state index in [9.17, 15) is 8.42 Å². The Hall–Kier alpha value is -0.216. The van der Waals surface area contributed by atoms with Gasteiger partial charge in [-0.05, 0) is 36.3 Å². The van der Waals surface area contributed by atoms with Crippen LogP contribution in [0, 0.1) is 11.8 Å². The van der Waals surface area contributed by atoms with Crippen molar-refractivity contribution < 1.29 is 27.3 Å². The monoisotopic (exact) mass is 456 g/mol. The third-order valence-corrected chi connectivity index (χ3v) is 16.0. The van der Waals surface area contributed by atoms with E-state index in [-0.39, 0.29) is 13.2 Å². The van der Waals surface area contributed by atoms with Gasteiger partial charge < -0.3 is 14.3 Å². The first kappa shape index (κ1) is 32.4. The average Bonchev–Trinajstić information content (AvgIpc) is 2.39. The second-order valence-corrected chi connectivity index (χ2v) is 21.0. The summed E-state index contributed by atoms with van der Waals surface area (Å²) in [6, 6.07) is 0. The molecule has 0 heterocycles. The zero-order chi connectivity index (χ0) is 23.4. The van der Waals surface area contributed by atoms with E-state index in [1.165, 1.54) is 0 Å². The Kier molecular flexibility index (Phi) is 15.3. The normalized spacial score (nSPS) is 12.6. The van der Waals surface area contributed by atoms with Gasteiger partial charge in [0.1, 0.15) is 0 Å². The highest BCUT2D eigenvalue weighted by molar-refractivity contribution is 7.85. The van der Waals surface area contributed by atoms with Crippen LogP contribution >= 0.6 is 0 Å². The second-order valence-electron chi connectivity index (χ2n) is 9.66. The molecule has 0 bridgehead atoms. The van der Waals surface area contributed by atoms with Crippen molar-refractivity contribution in [2.75, 3.05) is 19.5 Å². The highest BCUT2D eigenvalue weighted by Gasteiger charge is 2.46. The summed E-state index contributed by atoms with van der Waals surface area (Å²) in [5.41, 5.74) is 0. The molecule has 0 aliphatic carbocycles. The maximum atomic E-state index is 9.19. The minimum atomic E-state index is -3.67. The minimum Gasteiger partial charge on any atom is -0.455 e. The van der Waals surface area contributed by atoms with E-state index in [1.807, 2.05) is 0 Å². The van der Waals surface area contributed by atoms with Gasteiger partial charge in [-0.15, -0.1) is 11.8 Å². The summed E-state index contributed by atoms with van der Waals surface area (Å²) < 4.78 is 32.5. The number of aliphatic hydroxyl groups is 2. The van der Waals surface area contributed by atoms with E-state index >= 15 is 0 Å². The van der Waals surface area contributed by atoms with Crippen LogP contribution in [-0.2, 0) is 14.2 Å². The molecule has 0 radical (unpaired) electrons. The lowest BCUT2D eigenvalue weighted by Crippen LogP contribution is -2.53. The van der Waals surface area contributed by atoms with Crippen LogP contribution in [0.15, 0.2) is 0 Å². The molecule has 0 saturated carbocycles. The zero-order valence-corrected chi connectivity index (χ0v) is 22.6. The second kappa shape index (κ2) is 13.2. The fourth-order valence-electron chi connectivity index (χ4n) is 1.23. The highest BCUT2D eigenvalue weighted by Crippen LogP contribution is 2.44. The third kappa shape index (κ3) is 19.1. The van der Waals surface area contributed by atoms with Crippen molar-refractivity contribution >= 4 is 26.8 Å². The number of rotatable bonds is 4. The molecule has 0 spiro atoms. The van der Waals surface area contributed by atoms with Crippen LogP contribution in [0.3, 0.4) is 0 Å². The van der Waals surface area contributed by atoms with Crippen molar-refractivity contribution in [3.05, 3.63) is 0 Å².